The van der Waals surface area contributed by atoms with Gasteiger partial charge >= 0.3 is 5.97 Å². The highest BCUT2D eigenvalue weighted by Gasteiger charge is 2.32. The molecular weight excluding hydrogens is 256 g/mol. The van der Waals surface area contributed by atoms with Gasteiger partial charge in [-0.05, 0) is 24.8 Å². The number of aromatic nitrogens is 2. The lowest BCUT2D eigenvalue weighted by molar-refractivity contribution is -0.145. The minimum atomic E-state index is -0.673. The maximum absolute atomic E-state index is 11.9. The lowest BCUT2D eigenvalue weighted by Gasteiger charge is -2.16. The Bertz CT molecular complexity index is 523. The van der Waals surface area contributed by atoms with Crippen LogP contribution in [0.5, 0.6) is 0 Å². The molecule has 0 amide bonds. The third kappa shape index (κ3) is 2.72. The van der Waals surface area contributed by atoms with Gasteiger partial charge in [0, 0.05) is 6.07 Å². The molecule has 1 saturated carbocycles. The summed E-state index contributed by atoms with van der Waals surface area (Å²) in [4.78, 5) is 23.6. The monoisotopic (exact) mass is 270 g/mol. The molecular formula is C12H15ClN2O3. The molecule has 1 heterocycles. The van der Waals surface area contributed by atoms with Crippen molar-refractivity contribution in [3.05, 3.63) is 27.1 Å². The number of esters is 1. The number of ether oxygens (including phenoxy) is 1. The highest BCUT2D eigenvalue weighted by atomic mass is 35.5. The Kier molecular flexibility index (Phi) is 3.71. The summed E-state index contributed by atoms with van der Waals surface area (Å²) in [5.74, 6) is 0.0271. The Hall–Kier alpha value is -1.36. The Morgan fingerprint density at radius 1 is 1.67 bits per heavy atom. The predicted octanol–water partition coefficient (Wildman–Crippen LogP) is 1.72. The Morgan fingerprint density at radius 2 is 2.33 bits per heavy atom. The van der Waals surface area contributed by atoms with Crippen LogP contribution in [0.1, 0.15) is 30.9 Å². The van der Waals surface area contributed by atoms with E-state index in [-0.39, 0.29) is 10.7 Å². The van der Waals surface area contributed by atoms with Crippen LogP contribution in [0.15, 0.2) is 10.9 Å². The van der Waals surface area contributed by atoms with Crippen LogP contribution < -0.4 is 5.56 Å². The van der Waals surface area contributed by atoms with Crippen LogP contribution >= 0.6 is 11.6 Å². The summed E-state index contributed by atoms with van der Waals surface area (Å²) >= 11 is 5.91. The lowest BCUT2D eigenvalue weighted by atomic mass is 10.1. The maximum Gasteiger partial charge on any atom is 0.330 e. The van der Waals surface area contributed by atoms with E-state index in [0.717, 1.165) is 17.5 Å². The fourth-order valence-corrected chi connectivity index (χ4v) is 1.99. The maximum atomic E-state index is 11.9. The number of carbonyl (C=O) groups is 1. The van der Waals surface area contributed by atoms with Gasteiger partial charge in [0.1, 0.15) is 0 Å². The molecule has 5 nitrogen and oxygen atoms in total. The number of aryl methyl sites for hydroxylation is 1. The van der Waals surface area contributed by atoms with Gasteiger partial charge in [-0.15, -0.1) is 0 Å². The van der Waals surface area contributed by atoms with E-state index >= 15 is 0 Å². The normalized spacial score (nSPS) is 16.4. The van der Waals surface area contributed by atoms with Crippen molar-refractivity contribution in [3.63, 3.8) is 0 Å². The van der Waals surface area contributed by atoms with E-state index in [2.05, 4.69) is 5.10 Å². The number of hydrogen-bond donors (Lipinski definition) is 0. The first-order valence-corrected chi connectivity index (χ1v) is 6.24. The highest BCUT2D eigenvalue weighted by Crippen LogP contribution is 2.36. The zero-order chi connectivity index (χ0) is 13.3. The van der Waals surface area contributed by atoms with Crippen LogP contribution in [-0.4, -0.2) is 22.9 Å². The highest BCUT2D eigenvalue weighted by molar-refractivity contribution is 6.30. The zero-order valence-electron chi connectivity index (χ0n) is 10.4. The zero-order valence-corrected chi connectivity index (χ0v) is 11.1. The molecule has 1 aliphatic carbocycles. The average molecular weight is 271 g/mol. The summed E-state index contributed by atoms with van der Waals surface area (Å²) in [6.07, 6.45) is 2.75. The van der Waals surface area contributed by atoms with E-state index < -0.39 is 12.0 Å². The standard InChI is InChI=1S/C12H15ClN2O3/c1-7-5-10(16)15(14-11(7)13)9(12(17)18-2)6-8-3-4-8/h5,8-9H,3-4,6H2,1-2H3/t9-/m0/s1. The Balaban J connectivity index is 2.37. The number of carbonyl (C=O) groups excluding carboxylic acids is 1. The average Bonchev–Trinajstić information content (AvgIpc) is 3.14. The second kappa shape index (κ2) is 5.10. The van der Waals surface area contributed by atoms with E-state index in [9.17, 15) is 9.59 Å². The topological polar surface area (TPSA) is 61.2 Å². The third-order valence-corrected chi connectivity index (χ3v) is 3.48. The van der Waals surface area contributed by atoms with Crippen molar-refractivity contribution in [2.75, 3.05) is 7.11 Å². The van der Waals surface area contributed by atoms with Gasteiger partial charge in [-0.2, -0.15) is 5.10 Å². The van der Waals surface area contributed by atoms with Crippen LogP contribution in [0, 0.1) is 12.8 Å². The molecule has 0 unspecified atom stereocenters. The summed E-state index contributed by atoms with van der Waals surface area (Å²) in [5.41, 5.74) is 0.279. The number of methoxy groups -OCH3 is 1. The molecule has 1 aliphatic rings. The second-order valence-corrected chi connectivity index (χ2v) is 4.98. The molecule has 98 valence electrons. The Labute approximate surface area is 110 Å². The molecule has 6 heteroatoms. The van der Waals surface area contributed by atoms with Crippen LogP contribution in [0.2, 0.25) is 5.15 Å². The fraction of sp³-hybridized carbons (Fsp3) is 0.583. The van der Waals surface area contributed by atoms with Gasteiger partial charge in [0.25, 0.3) is 5.56 Å². The number of nitrogens with zero attached hydrogens (tertiary/aromatic N) is 2. The van der Waals surface area contributed by atoms with Crippen molar-refractivity contribution < 1.29 is 9.53 Å². The molecule has 0 bridgehead atoms. The summed E-state index contributed by atoms with van der Waals surface area (Å²) in [6, 6.07) is 0.714. The number of halogens is 1. The van der Waals surface area contributed by atoms with Gasteiger partial charge in [0.2, 0.25) is 0 Å². The molecule has 0 aromatic carbocycles. The van der Waals surface area contributed by atoms with Crippen LogP contribution in [0.3, 0.4) is 0 Å². The van der Waals surface area contributed by atoms with Gasteiger partial charge in [-0.1, -0.05) is 24.4 Å². The number of rotatable bonds is 4. The quantitative estimate of drug-likeness (QED) is 0.782. The minimum absolute atomic E-state index is 0.235. The van der Waals surface area contributed by atoms with Gasteiger partial charge in [0.15, 0.2) is 11.2 Å². The number of hydrogen-bond acceptors (Lipinski definition) is 4. The third-order valence-electron chi connectivity index (χ3n) is 3.11. The van der Waals surface area contributed by atoms with Crippen molar-refractivity contribution in [2.45, 2.75) is 32.2 Å². The summed E-state index contributed by atoms with van der Waals surface area (Å²) in [5, 5.41) is 4.23. The van der Waals surface area contributed by atoms with E-state index in [4.69, 9.17) is 16.3 Å². The van der Waals surface area contributed by atoms with E-state index in [1.165, 1.54) is 13.2 Å². The van der Waals surface area contributed by atoms with Crippen molar-refractivity contribution >= 4 is 17.6 Å². The van der Waals surface area contributed by atoms with Gasteiger partial charge in [-0.3, -0.25) is 4.79 Å². The van der Waals surface area contributed by atoms with Crippen molar-refractivity contribution in [3.8, 4) is 0 Å². The molecule has 0 spiro atoms. The molecule has 0 radical (unpaired) electrons. The van der Waals surface area contributed by atoms with Crippen molar-refractivity contribution in [1.82, 2.24) is 9.78 Å². The molecule has 1 fully saturated rings. The van der Waals surface area contributed by atoms with Gasteiger partial charge < -0.3 is 4.74 Å². The van der Waals surface area contributed by atoms with Crippen LogP contribution in [-0.2, 0) is 9.53 Å². The first-order valence-electron chi connectivity index (χ1n) is 5.86. The van der Waals surface area contributed by atoms with Crippen LogP contribution in [0.25, 0.3) is 0 Å². The van der Waals surface area contributed by atoms with Crippen LogP contribution in [0.4, 0.5) is 0 Å². The molecule has 2 rings (SSSR count). The van der Waals surface area contributed by atoms with E-state index in [1.807, 2.05) is 0 Å². The summed E-state index contributed by atoms with van der Waals surface area (Å²) in [7, 11) is 1.31. The second-order valence-electron chi connectivity index (χ2n) is 4.62. The minimum Gasteiger partial charge on any atom is -0.467 e. The molecule has 1 aromatic heterocycles. The smallest absolute Gasteiger partial charge is 0.330 e. The molecule has 0 N–H and O–H groups in total. The molecule has 1 atom stereocenters. The van der Waals surface area contributed by atoms with Gasteiger partial charge in [0.05, 0.1) is 7.11 Å². The fourth-order valence-electron chi connectivity index (χ4n) is 1.86. The van der Waals surface area contributed by atoms with E-state index in [0.29, 0.717) is 17.9 Å². The molecule has 0 saturated heterocycles. The first kappa shape index (κ1) is 13.1. The predicted molar refractivity (Wildman–Crippen MR) is 66.6 cm³/mol. The molecule has 1 aromatic rings. The van der Waals surface area contributed by atoms with E-state index in [1.54, 1.807) is 6.92 Å². The molecule has 18 heavy (non-hydrogen) atoms. The van der Waals surface area contributed by atoms with Crippen molar-refractivity contribution in [2.24, 2.45) is 5.92 Å². The lowest BCUT2D eigenvalue weighted by Crippen LogP contribution is -2.33. The van der Waals surface area contributed by atoms with Crippen molar-refractivity contribution in [1.29, 1.82) is 0 Å². The summed E-state index contributed by atoms with van der Waals surface area (Å²) < 4.78 is 5.88. The summed E-state index contributed by atoms with van der Waals surface area (Å²) in [6.45, 7) is 1.70. The largest absolute Gasteiger partial charge is 0.467 e. The SMILES string of the molecule is COC(=O)[C@H](CC1CC1)n1nc(Cl)c(C)cc1=O. The molecule has 0 aliphatic heterocycles. The van der Waals surface area contributed by atoms with Gasteiger partial charge in [-0.25, -0.2) is 9.48 Å². The first-order chi connectivity index (χ1) is 8.52. The Morgan fingerprint density at radius 3 is 2.89 bits per heavy atom.